The van der Waals surface area contributed by atoms with E-state index < -0.39 is 10.8 Å². The number of unbranched alkanes of at least 4 members (excludes halogenated alkanes) is 2. The Morgan fingerprint density at radius 3 is 2.88 bits per heavy atom. The molecule has 1 rings (SSSR count). The molecule has 1 aliphatic heterocycles. The standard InChI is InChI=1S/C12H25NO2S/c1-3-5-6-9-16(14)12-10-15-8-7-11(12)13-4-2/h11-13H,3-10H2,1-2H3. The van der Waals surface area contributed by atoms with Gasteiger partial charge in [-0.3, -0.25) is 4.21 Å². The monoisotopic (exact) mass is 247 g/mol. The van der Waals surface area contributed by atoms with Gasteiger partial charge in [-0.05, 0) is 19.4 Å². The van der Waals surface area contributed by atoms with Gasteiger partial charge >= 0.3 is 0 Å². The molecule has 0 radical (unpaired) electrons. The fourth-order valence-corrected chi connectivity index (χ4v) is 3.75. The second-order valence-corrected chi connectivity index (χ2v) is 6.13. The number of nitrogens with one attached hydrogen (secondary N) is 1. The summed E-state index contributed by atoms with van der Waals surface area (Å²) in [5, 5.41) is 3.63. The van der Waals surface area contributed by atoms with Crippen LogP contribution in [-0.4, -0.2) is 41.0 Å². The topological polar surface area (TPSA) is 38.3 Å². The van der Waals surface area contributed by atoms with E-state index in [9.17, 15) is 4.21 Å². The van der Waals surface area contributed by atoms with Gasteiger partial charge in [0, 0.05) is 29.2 Å². The molecule has 0 aromatic rings. The zero-order valence-electron chi connectivity index (χ0n) is 10.5. The Labute approximate surface area is 102 Å². The first kappa shape index (κ1) is 14.1. The average Bonchev–Trinajstić information content (AvgIpc) is 2.30. The van der Waals surface area contributed by atoms with Gasteiger partial charge in [0.2, 0.25) is 0 Å². The molecule has 0 aromatic carbocycles. The van der Waals surface area contributed by atoms with Crippen LogP contribution in [0.3, 0.4) is 0 Å². The summed E-state index contributed by atoms with van der Waals surface area (Å²) in [6, 6.07) is 0.390. The summed E-state index contributed by atoms with van der Waals surface area (Å²) in [5.74, 6) is 0.837. The number of ether oxygens (including phenoxy) is 1. The van der Waals surface area contributed by atoms with Crippen molar-refractivity contribution in [2.45, 2.75) is 50.8 Å². The third-order valence-corrected chi connectivity index (χ3v) is 4.89. The molecule has 0 aromatic heterocycles. The Balaban J connectivity index is 2.37. The number of rotatable bonds is 7. The van der Waals surface area contributed by atoms with Crippen LogP contribution in [0.25, 0.3) is 0 Å². The molecule has 4 heteroatoms. The molecule has 16 heavy (non-hydrogen) atoms. The van der Waals surface area contributed by atoms with E-state index in [1.807, 2.05) is 0 Å². The van der Waals surface area contributed by atoms with E-state index in [1.54, 1.807) is 0 Å². The highest BCUT2D eigenvalue weighted by atomic mass is 32.2. The Bertz CT molecular complexity index is 209. The Morgan fingerprint density at radius 1 is 1.38 bits per heavy atom. The first-order valence-corrected chi connectivity index (χ1v) is 7.86. The molecule has 3 unspecified atom stereocenters. The zero-order valence-corrected chi connectivity index (χ0v) is 11.4. The minimum absolute atomic E-state index is 0.200. The van der Waals surface area contributed by atoms with E-state index >= 15 is 0 Å². The Morgan fingerprint density at radius 2 is 2.19 bits per heavy atom. The van der Waals surface area contributed by atoms with Crippen molar-refractivity contribution in [1.82, 2.24) is 5.32 Å². The molecule has 3 atom stereocenters. The van der Waals surface area contributed by atoms with E-state index in [0.717, 1.165) is 31.7 Å². The summed E-state index contributed by atoms with van der Waals surface area (Å²) in [5.41, 5.74) is 0. The van der Waals surface area contributed by atoms with Crippen molar-refractivity contribution in [3.8, 4) is 0 Å². The maximum Gasteiger partial charge on any atom is 0.0735 e. The minimum atomic E-state index is -0.727. The normalized spacial score (nSPS) is 27.9. The van der Waals surface area contributed by atoms with Gasteiger partial charge in [0.25, 0.3) is 0 Å². The van der Waals surface area contributed by atoms with Gasteiger partial charge in [0.05, 0.1) is 11.9 Å². The van der Waals surface area contributed by atoms with E-state index in [0.29, 0.717) is 12.6 Å². The van der Waals surface area contributed by atoms with Crippen molar-refractivity contribution in [2.24, 2.45) is 0 Å². The molecule has 1 saturated heterocycles. The van der Waals surface area contributed by atoms with Crippen LogP contribution < -0.4 is 5.32 Å². The van der Waals surface area contributed by atoms with Crippen LogP contribution in [0.5, 0.6) is 0 Å². The van der Waals surface area contributed by atoms with Crippen molar-refractivity contribution in [2.75, 3.05) is 25.5 Å². The zero-order chi connectivity index (χ0) is 11.8. The SMILES string of the molecule is CCCCCS(=O)C1COCCC1NCC. The highest BCUT2D eigenvalue weighted by molar-refractivity contribution is 7.85. The summed E-state index contributed by atoms with van der Waals surface area (Å²) in [6.07, 6.45) is 4.46. The van der Waals surface area contributed by atoms with Gasteiger partial charge in [-0.15, -0.1) is 0 Å². The lowest BCUT2D eigenvalue weighted by Crippen LogP contribution is -2.49. The molecule has 0 saturated carbocycles. The highest BCUT2D eigenvalue weighted by Gasteiger charge is 2.29. The van der Waals surface area contributed by atoms with Crippen LogP contribution in [0.15, 0.2) is 0 Å². The third-order valence-electron chi connectivity index (χ3n) is 3.06. The second-order valence-electron chi connectivity index (χ2n) is 4.36. The second kappa shape index (κ2) is 8.20. The highest BCUT2D eigenvalue weighted by Crippen LogP contribution is 2.15. The van der Waals surface area contributed by atoms with Gasteiger partial charge in [-0.25, -0.2) is 0 Å². The predicted octanol–water partition coefficient (Wildman–Crippen LogP) is 1.69. The summed E-state index contributed by atoms with van der Waals surface area (Å²) >= 11 is 0. The molecule has 3 nitrogen and oxygen atoms in total. The van der Waals surface area contributed by atoms with Gasteiger partial charge in [-0.1, -0.05) is 26.7 Å². The van der Waals surface area contributed by atoms with Gasteiger partial charge in [0.1, 0.15) is 0 Å². The van der Waals surface area contributed by atoms with E-state index in [4.69, 9.17) is 4.74 Å². The van der Waals surface area contributed by atoms with E-state index in [2.05, 4.69) is 19.2 Å². The number of hydrogen-bond donors (Lipinski definition) is 1. The van der Waals surface area contributed by atoms with Crippen LogP contribution in [0.1, 0.15) is 39.5 Å². The predicted molar refractivity (Wildman–Crippen MR) is 69.2 cm³/mol. The lowest BCUT2D eigenvalue weighted by Gasteiger charge is -2.31. The largest absolute Gasteiger partial charge is 0.380 e. The minimum Gasteiger partial charge on any atom is -0.380 e. The van der Waals surface area contributed by atoms with Crippen molar-refractivity contribution >= 4 is 10.8 Å². The molecule has 1 heterocycles. The lowest BCUT2D eigenvalue weighted by molar-refractivity contribution is 0.0824. The fraction of sp³-hybridized carbons (Fsp3) is 1.00. The van der Waals surface area contributed by atoms with Gasteiger partial charge < -0.3 is 10.1 Å². The molecule has 96 valence electrons. The summed E-state index contributed by atoms with van der Waals surface area (Å²) in [4.78, 5) is 0. The van der Waals surface area contributed by atoms with E-state index in [-0.39, 0.29) is 5.25 Å². The number of hydrogen-bond acceptors (Lipinski definition) is 3. The first-order valence-electron chi connectivity index (χ1n) is 6.47. The van der Waals surface area contributed by atoms with Crippen LogP contribution in [-0.2, 0) is 15.5 Å². The lowest BCUT2D eigenvalue weighted by atomic mass is 10.1. The van der Waals surface area contributed by atoms with Crippen molar-refractivity contribution < 1.29 is 8.95 Å². The molecule has 0 aliphatic carbocycles. The smallest absolute Gasteiger partial charge is 0.0735 e. The molecule has 1 aliphatic rings. The van der Waals surface area contributed by atoms with Crippen molar-refractivity contribution in [1.29, 1.82) is 0 Å². The van der Waals surface area contributed by atoms with Gasteiger partial charge in [0.15, 0.2) is 0 Å². The maximum atomic E-state index is 12.1. The van der Waals surface area contributed by atoms with Crippen LogP contribution in [0, 0.1) is 0 Å². The van der Waals surface area contributed by atoms with Crippen molar-refractivity contribution in [3.63, 3.8) is 0 Å². The molecule has 1 fully saturated rings. The molecule has 1 N–H and O–H groups in total. The summed E-state index contributed by atoms with van der Waals surface area (Å²) < 4.78 is 17.6. The summed E-state index contributed by atoms with van der Waals surface area (Å²) in [7, 11) is -0.727. The quantitative estimate of drug-likeness (QED) is 0.696. The third kappa shape index (κ3) is 4.52. The van der Waals surface area contributed by atoms with Gasteiger partial charge in [-0.2, -0.15) is 0 Å². The van der Waals surface area contributed by atoms with Crippen molar-refractivity contribution in [3.05, 3.63) is 0 Å². The van der Waals surface area contributed by atoms with E-state index in [1.165, 1.54) is 12.8 Å². The molecule has 0 spiro atoms. The average molecular weight is 247 g/mol. The fourth-order valence-electron chi connectivity index (χ4n) is 2.11. The molecule has 0 bridgehead atoms. The molecular formula is C12H25NO2S. The summed E-state index contributed by atoms with van der Waals surface area (Å²) in [6.45, 7) is 6.70. The van der Waals surface area contributed by atoms with Crippen LogP contribution in [0.4, 0.5) is 0 Å². The van der Waals surface area contributed by atoms with Crippen LogP contribution >= 0.6 is 0 Å². The Hall–Kier alpha value is 0.0700. The molecule has 0 amide bonds. The maximum absolute atomic E-state index is 12.1. The first-order chi connectivity index (χ1) is 7.79. The Kier molecular flexibility index (Phi) is 7.25. The molecular weight excluding hydrogens is 222 g/mol. The van der Waals surface area contributed by atoms with Crippen LogP contribution in [0.2, 0.25) is 0 Å².